The summed E-state index contributed by atoms with van der Waals surface area (Å²) in [5.41, 5.74) is 5.60. The zero-order valence-electron chi connectivity index (χ0n) is 10.1. The summed E-state index contributed by atoms with van der Waals surface area (Å²) in [6.45, 7) is 6.03. The van der Waals surface area contributed by atoms with Crippen LogP contribution in [-0.4, -0.2) is 31.9 Å². The van der Waals surface area contributed by atoms with Crippen molar-refractivity contribution in [2.45, 2.75) is 26.2 Å². The summed E-state index contributed by atoms with van der Waals surface area (Å²) in [5.74, 6) is 1.03. The Morgan fingerprint density at radius 3 is 2.76 bits per heavy atom. The Hall–Kier alpha value is -1.82. The Kier molecular flexibility index (Phi) is 2.66. The molecule has 2 aromatic rings. The summed E-state index contributed by atoms with van der Waals surface area (Å²) < 4.78 is 1.52. The Labute approximate surface area is 98.9 Å². The normalized spacial score (nSPS) is 12.0. The molecule has 2 N–H and O–H groups in total. The van der Waals surface area contributed by atoms with Crippen molar-refractivity contribution in [3.8, 4) is 0 Å². The fourth-order valence-corrected chi connectivity index (χ4v) is 1.36. The molecule has 0 aliphatic carbocycles. The molecule has 0 radical (unpaired) electrons. The molecule has 2 heterocycles. The third-order valence-electron chi connectivity index (χ3n) is 2.37. The van der Waals surface area contributed by atoms with E-state index in [0.29, 0.717) is 17.2 Å². The zero-order chi connectivity index (χ0) is 12.6. The zero-order valence-corrected chi connectivity index (χ0v) is 10.1. The number of ketones is 1. The molecule has 0 aliphatic rings. The molecule has 6 nitrogen and oxygen atoms in total. The number of aromatic nitrogens is 4. The van der Waals surface area contributed by atoms with Crippen LogP contribution >= 0.6 is 0 Å². The van der Waals surface area contributed by atoms with Crippen LogP contribution in [-0.2, 0) is 5.41 Å². The van der Waals surface area contributed by atoms with Gasteiger partial charge in [-0.1, -0.05) is 20.8 Å². The van der Waals surface area contributed by atoms with Crippen molar-refractivity contribution in [3.63, 3.8) is 0 Å². The molecule has 0 aliphatic heterocycles. The quantitative estimate of drug-likeness (QED) is 0.766. The van der Waals surface area contributed by atoms with Crippen LogP contribution in [0.15, 0.2) is 12.4 Å². The van der Waals surface area contributed by atoms with Crippen LogP contribution in [0.3, 0.4) is 0 Å². The molecule has 0 bridgehead atoms. The summed E-state index contributed by atoms with van der Waals surface area (Å²) in [6.07, 6.45) is 3.09. The van der Waals surface area contributed by atoms with Gasteiger partial charge in [0.15, 0.2) is 11.6 Å². The number of fused-ring (bicyclic) bond motifs is 1. The lowest BCUT2D eigenvalue weighted by Crippen LogP contribution is -2.15. The van der Waals surface area contributed by atoms with Crippen LogP contribution in [0.1, 0.15) is 37.0 Å². The molecule has 90 valence electrons. The first-order chi connectivity index (χ1) is 7.91. The lowest BCUT2D eigenvalue weighted by atomic mass is 9.96. The molecule has 0 saturated heterocycles. The summed E-state index contributed by atoms with van der Waals surface area (Å²) in [7, 11) is 0. The molecule has 0 saturated carbocycles. The van der Waals surface area contributed by atoms with Crippen molar-refractivity contribution in [2.24, 2.45) is 5.73 Å². The second-order valence-corrected chi connectivity index (χ2v) is 4.90. The van der Waals surface area contributed by atoms with Gasteiger partial charge in [0.1, 0.15) is 0 Å². The maximum absolute atomic E-state index is 11.4. The first-order valence-electron chi connectivity index (χ1n) is 5.38. The van der Waals surface area contributed by atoms with Crippen molar-refractivity contribution >= 4 is 11.6 Å². The van der Waals surface area contributed by atoms with Crippen LogP contribution in [0.4, 0.5) is 0 Å². The lowest BCUT2D eigenvalue weighted by molar-refractivity contribution is 0.100. The third kappa shape index (κ3) is 2.16. The largest absolute Gasteiger partial charge is 0.324 e. The lowest BCUT2D eigenvalue weighted by Gasteiger charge is -2.11. The van der Waals surface area contributed by atoms with E-state index in [-0.39, 0.29) is 17.7 Å². The molecule has 17 heavy (non-hydrogen) atoms. The van der Waals surface area contributed by atoms with E-state index in [2.05, 4.69) is 15.1 Å². The van der Waals surface area contributed by atoms with Crippen LogP contribution in [0.5, 0.6) is 0 Å². The van der Waals surface area contributed by atoms with Gasteiger partial charge < -0.3 is 5.73 Å². The molecule has 0 fully saturated rings. The summed E-state index contributed by atoms with van der Waals surface area (Å²) in [4.78, 5) is 19.8. The average Bonchev–Trinajstić information content (AvgIpc) is 2.70. The van der Waals surface area contributed by atoms with Crippen LogP contribution in [0, 0.1) is 0 Å². The van der Waals surface area contributed by atoms with Crippen molar-refractivity contribution < 1.29 is 4.79 Å². The summed E-state index contributed by atoms with van der Waals surface area (Å²) in [5, 5.41) is 4.31. The molecule has 6 heteroatoms. The number of carbonyl (C=O) groups excluding carboxylic acids is 1. The van der Waals surface area contributed by atoms with Crippen molar-refractivity contribution in [1.82, 2.24) is 19.6 Å². The highest BCUT2D eigenvalue weighted by Crippen LogP contribution is 2.18. The highest BCUT2D eigenvalue weighted by atomic mass is 16.1. The number of nitrogens with two attached hydrogens (primary N) is 1. The Balaban J connectivity index is 2.52. The fourth-order valence-electron chi connectivity index (χ4n) is 1.36. The Morgan fingerprint density at radius 1 is 1.47 bits per heavy atom. The van der Waals surface area contributed by atoms with Gasteiger partial charge in [-0.2, -0.15) is 4.98 Å². The van der Waals surface area contributed by atoms with E-state index in [1.54, 1.807) is 6.20 Å². The highest BCUT2D eigenvalue weighted by Gasteiger charge is 2.20. The van der Waals surface area contributed by atoms with Gasteiger partial charge in [0.25, 0.3) is 5.78 Å². The first-order valence-corrected chi connectivity index (χ1v) is 5.38. The van der Waals surface area contributed by atoms with Crippen LogP contribution in [0.25, 0.3) is 5.78 Å². The van der Waals surface area contributed by atoms with Gasteiger partial charge in [0.05, 0.1) is 12.1 Å². The van der Waals surface area contributed by atoms with E-state index in [1.807, 2.05) is 20.8 Å². The van der Waals surface area contributed by atoms with Crippen LogP contribution < -0.4 is 5.73 Å². The molecule has 0 unspecified atom stereocenters. The molecule has 0 spiro atoms. The van der Waals surface area contributed by atoms with Crippen molar-refractivity contribution in [3.05, 3.63) is 23.8 Å². The number of rotatable bonds is 2. The van der Waals surface area contributed by atoms with E-state index in [4.69, 9.17) is 5.73 Å². The predicted molar refractivity (Wildman–Crippen MR) is 62.9 cm³/mol. The molecule has 0 amide bonds. The monoisotopic (exact) mass is 233 g/mol. The minimum absolute atomic E-state index is 0.0337. The van der Waals surface area contributed by atoms with E-state index in [9.17, 15) is 4.79 Å². The van der Waals surface area contributed by atoms with Crippen molar-refractivity contribution in [2.75, 3.05) is 6.54 Å². The van der Waals surface area contributed by atoms with E-state index < -0.39 is 0 Å². The Morgan fingerprint density at radius 2 is 2.18 bits per heavy atom. The molecular formula is C11H15N5O. The second kappa shape index (κ2) is 3.89. The average molecular weight is 233 g/mol. The standard InChI is InChI=1S/C11H15N5O/c1-11(2,3)9-14-10-13-5-7(8(17)4-12)6-16(10)15-9/h5-6H,4,12H2,1-3H3. The summed E-state index contributed by atoms with van der Waals surface area (Å²) in [6, 6.07) is 0. The third-order valence-corrected chi connectivity index (χ3v) is 2.37. The molecule has 0 atom stereocenters. The van der Waals surface area contributed by atoms with Gasteiger partial charge >= 0.3 is 0 Å². The minimum atomic E-state index is -0.160. The number of carbonyl (C=O) groups is 1. The van der Waals surface area contributed by atoms with E-state index in [0.717, 1.165) is 0 Å². The smallest absolute Gasteiger partial charge is 0.252 e. The van der Waals surface area contributed by atoms with Gasteiger partial charge in [0, 0.05) is 17.8 Å². The van der Waals surface area contributed by atoms with Crippen LogP contribution in [0.2, 0.25) is 0 Å². The number of nitrogens with zero attached hydrogens (tertiary/aromatic N) is 4. The van der Waals surface area contributed by atoms with Gasteiger partial charge in [0.2, 0.25) is 0 Å². The predicted octanol–water partition coefficient (Wildman–Crippen LogP) is 0.563. The van der Waals surface area contributed by atoms with Gasteiger partial charge in [-0.3, -0.25) is 4.79 Å². The van der Waals surface area contributed by atoms with E-state index >= 15 is 0 Å². The topological polar surface area (TPSA) is 86.2 Å². The Bertz CT molecular complexity index is 567. The molecular weight excluding hydrogens is 218 g/mol. The van der Waals surface area contributed by atoms with Gasteiger partial charge in [-0.15, -0.1) is 5.10 Å². The van der Waals surface area contributed by atoms with Crippen molar-refractivity contribution in [1.29, 1.82) is 0 Å². The number of hydrogen-bond acceptors (Lipinski definition) is 5. The first kappa shape index (κ1) is 11.7. The van der Waals surface area contributed by atoms with Gasteiger partial charge in [-0.05, 0) is 0 Å². The summed E-state index contributed by atoms with van der Waals surface area (Å²) >= 11 is 0. The molecule has 0 aromatic carbocycles. The highest BCUT2D eigenvalue weighted by molar-refractivity contribution is 5.97. The number of hydrogen-bond donors (Lipinski definition) is 1. The number of Topliss-reactive ketones (excluding diaryl/α,β-unsaturated/α-hetero) is 1. The molecule has 2 rings (SSSR count). The fraction of sp³-hybridized carbons (Fsp3) is 0.455. The maximum Gasteiger partial charge on any atom is 0.252 e. The second-order valence-electron chi connectivity index (χ2n) is 4.90. The maximum atomic E-state index is 11.4. The van der Waals surface area contributed by atoms with E-state index in [1.165, 1.54) is 10.7 Å². The minimum Gasteiger partial charge on any atom is -0.324 e. The SMILES string of the molecule is CC(C)(C)c1nc2ncc(C(=O)CN)cn2n1. The van der Waals surface area contributed by atoms with Gasteiger partial charge in [-0.25, -0.2) is 9.50 Å². The molecule has 2 aromatic heterocycles.